The summed E-state index contributed by atoms with van der Waals surface area (Å²) < 4.78 is 10.3. The van der Waals surface area contributed by atoms with Gasteiger partial charge in [0.2, 0.25) is 0 Å². The van der Waals surface area contributed by atoms with Crippen molar-refractivity contribution in [3.05, 3.63) is 39.7 Å². The van der Waals surface area contributed by atoms with E-state index in [1.54, 1.807) is 0 Å². The van der Waals surface area contributed by atoms with Gasteiger partial charge in [0.05, 0.1) is 5.69 Å². The molecule has 0 aromatic carbocycles. The molecule has 0 saturated carbocycles. The Morgan fingerprint density at radius 1 is 1.50 bits per heavy atom. The molecule has 1 unspecified atom stereocenters. The van der Waals surface area contributed by atoms with Crippen molar-refractivity contribution in [2.24, 2.45) is 5.84 Å². The highest BCUT2D eigenvalue weighted by Crippen LogP contribution is 2.24. The lowest BCUT2D eigenvalue weighted by molar-refractivity contribution is 0.434. The van der Waals surface area contributed by atoms with Crippen LogP contribution in [0.3, 0.4) is 0 Å². The van der Waals surface area contributed by atoms with Crippen molar-refractivity contribution < 1.29 is 4.42 Å². The van der Waals surface area contributed by atoms with E-state index in [0.29, 0.717) is 4.67 Å². The summed E-state index contributed by atoms with van der Waals surface area (Å²) in [7, 11) is 0. The molecule has 2 heterocycles. The fourth-order valence-electron chi connectivity index (χ4n) is 1.17. The summed E-state index contributed by atoms with van der Waals surface area (Å²) in [4.78, 5) is 0. The molecule has 1 atom stereocenters. The maximum atomic E-state index is 5.44. The van der Waals surface area contributed by atoms with E-state index in [-0.39, 0.29) is 6.04 Å². The van der Waals surface area contributed by atoms with Crippen molar-refractivity contribution in [2.45, 2.75) is 6.04 Å². The van der Waals surface area contributed by atoms with Crippen molar-refractivity contribution in [3.63, 3.8) is 0 Å². The normalized spacial score (nSPS) is 13.0. The average Bonchev–Trinajstić information content (AvgIpc) is 2.79. The zero-order chi connectivity index (χ0) is 9.97. The standard InChI is InChI=1S/C8H8BrN3OS/c9-7-2-1-6(13-7)8(11-10)5-3-4-14-12-5/h1-4,8,11H,10H2. The van der Waals surface area contributed by atoms with Crippen molar-refractivity contribution in [3.8, 4) is 0 Å². The van der Waals surface area contributed by atoms with Crippen molar-refractivity contribution in [1.29, 1.82) is 0 Å². The second-order valence-corrected chi connectivity index (χ2v) is 4.11. The molecule has 0 amide bonds. The van der Waals surface area contributed by atoms with Crippen molar-refractivity contribution in [2.75, 3.05) is 0 Å². The van der Waals surface area contributed by atoms with Gasteiger partial charge in [0.25, 0.3) is 0 Å². The first-order valence-electron chi connectivity index (χ1n) is 3.93. The molecule has 0 aliphatic rings. The van der Waals surface area contributed by atoms with Crippen LogP contribution in [0.15, 0.2) is 32.7 Å². The molecule has 0 spiro atoms. The Hall–Kier alpha value is -0.690. The van der Waals surface area contributed by atoms with Crippen LogP contribution >= 0.6 is 27.5 Å². The van der Waals surface area contributed by atoms with Gasteiger partial charge in [-0.3, -0.25) is 5.84 Å². The Balaban J connectivity index is 2.31. The van der Waals surface area contributed by atoms with Crippen molar-refractivity contribution in [1.82, 2.24) is 9.80 Å². The van der Waals surface area contributed by atoms with Gasteiger partial charge in [0, 0.05) is 5.38 Å². The number of halogens is 1. The van der Waals surface area contributed by atoms with Crippen LogP contribution in [0, 0.1) is 0 Å². The summed E-state index contributed by atoms with van der Waals surface area (Å²) in [6.07, 6.45) is 0. The van der Waals surface area contributed by atoms with Crippen LogP contribution in [-0.4, -0.2) is 4.37 Å². The van der Waals surface area contributed by atoms with Gasteiger partial charge in [0.15, 0.2) is 4.67 Å². The third kappa shape index (κ3) is 1.88. The predicted octanol–water partition coefficient (Wildman–Crippen LogP) is 2.05. The number of nitrogens with one attached hydrogen (secondary N) is 1. The van der Waals surface area contributed by atoms with Crippen molar-refractivity contribution >= 4 is 27.5 Å². The number of hydrazine groups is 1. The molecule has 4 nitrogen and oxygen atoms in total. The Morgan fingerprint density at radius 2 is 2.36 bits per heavy atom. The molecule has 0 aliphatic carbocycles. The zero-order valence-corrected chi connectivity index (χ0v) is 9.51. The highest BCUT2D eigenvalue weighted by atomic mass is 79.9. The van der Waals surface area contributed by atoms with Gasteiger partial charge in [-0.1, -0.05) is 0 Å². The number of rotatable bonds is 3. The smallest absolute Gasteiger partial charge is 0.169 e. The molecular formula is C8H8BrN3OS. The minimum atomic E-state index is -0.187. The minimum absolute atomic E-state index is 0.187. The second-order valence-electron chi connectivity index (χ2n) is 2.67. The number of furan rings is 1. The summed E-state index contributed by atoms with van der Waals surface area (Å²) >= 11 is 4.63. The van der Waals surface area contributed by atoms with Gasteiger partial charge in [-0.05, 0) is 45.7 Å². The van der Waals surface area contributed by atoms with E-state index in [4.69, 9.17) is 10.3 Å². The SMILES string of the molecule is NNC(c1ccsn1)c1ccc(Br)o1. The number of nitrogens with zero attached hydrogens (tertiary/aromatic N) is 1. The van der Waals surface area contributed by atoms with Crippen LogP contribution in [0.1, 0.15) is 17.5 Å². The van der Waals surface area contributed by atoms with E-state index in [0.717, 1.165) is 11.5 Å². The van der Waals surface area contributed by atoms with Crippen LogP contribution in [0.5, 0.6) is 0 Å². The molecule has 0 radical (unpaired) electrons. The largest absolute Gasteiger partial charge is 0.452 e. The summed E-state index contributed by atoms with van der Waals surface area (Å²) in [5.74, 6) is 6.19. The Morgan fingerprint density at radius 3 is 2.86 bits per heavy atom. The summed E-state index contributed by atoms with van der Waals surface area (Å²) in [6.45, 7) is 0. The van der Waals surface area contributed by atoms with Crippen LogP contribution in [0.25, 0.3) is 0 Å². The first-order chi connectivity index (χ1) is 6.81. The minimum Gasteiger partial charge on any atom is -0.452 e. The fraction of sp³-hybridized carbons (Fsp3) is 0.125. The third-order valence-corrected chi connectivity index (χ3v) is 2.80. The predicted molar refractivity (Wildman–Crippen MR) is 57.7 cm³/mol. The number of aromatic nitrogens is 1. The topological polar surface area (TPSA) is 64.1 Å². The number of hydrogen-bond acceptors (Lipinski definition) is 5. The quantitative estimate of drug-likeness (QED) is 0.664. The van der Waals surface area contributed by atoms with Crippen LogP contribution in [0.4, 0.5) is 0 Å². The number of hydrogen-bond donors (Lipinski definition) is 2. The lowest BCUT2D eigenvalue weighted by Gasteiger charge is -2.09. The first-order valence-corrected chi connectivity index (χ1v) is 5.56. The highest BCUT2D eigenvalue weighted by molar-refractivity contribution is 9.10. The van der Waals surface area contributed by atoms with E-state index < -0.39 is 0 Å². The molecule has 0 saturated heterocycles. The zero-order valence-electron chi connectivity index (χ0n) is 7.11. The monoisotopic (exact) mass is 273 g/mol. The molecule has 0 fully saturated rings. The Labute approximate surface area is 93.4 Å². The molecule has 74 valence electrons. The van der Waals surface area contributed by atoms with Gasteiger partial charge >= 0.3 is 0 Å². The molecule has 0 aliphatic heterocycles. The fourth-order valence-corrected chi connectivity index (χ4v) is 2.04. The molecular weight excluding hydrogens is 266 g/mol. The summed E-state index contributed by atoms with van der Waals surface area (Å²) in [5.41, 5.74) is 3.52. The van der Waals surface area contributed by atoms with Crippen LogP contribution in [-0.2, 0) is 0 Å². The van der Waals surface area contributed by atoms with Gasteiger partial charge in [-0.2, -0.15) is 4.37 Å². The molecule has 6 heteroatoms. The van der Waals surface area contributed by atoms with E-state index in [9.17, 15) is 0 Å². The average molecular weight is 274 g/mol. The van der Waals surface area contributed by atoms with E-state index >= 15 is 0 Å². The second kappa shape index (κ2) is 4.22. The van der Waals surface area contributed by atoms with Crippen LogP contribution in [0.2, 0.25) is 0 Å². The van der Waals surface area contributed by atoms with Gasteiger partial charge in [-0.15, -0.1) is 0 Å². The maximum Gasteiger partial charge on any atom is 0.169 e. The molecule has 0 bridgehead atoms. The number of nitrogens with two attached hydrogens (primary N) is 1. The third-order valence-electron chi connectivity index (χ3n) is 1.80. The van der Waals surface area contributed by atoms with E-state index in [2.05, 4.69) is 25.7 Å². The molecule has 14 heavy (non-hydrogen) atoms. The molecule has 3 N–H and O–H groups in total. The van der Waals surface area contributed by atoms with Gasteiger partial charge in [-0.25, -0.2) is 5.43 Å². The Kier molecular flexibility index (Phi) is 2.97. The van der Waals surface area contributed by atoms with E-state index in [1.807, 2.05) is 23.6 Å². The Bertz CT molecular complexity index is 400. The molecule has 2 aromatic rings. The molecule has 2 aromatic heterocycles. The van der Waals surface area contributed by atoms with Gasteiger partial charge in [0.1, 0.15) is 11.8 Å². The summed E-state index contributed by atoms with van der Waals surface area (Å²) in [5, 5.41) is 1.90. The lowest BCUT2D eigenvalue weighted by atomic mass is 10.2. The van der Waals surface area contributed by atoms with Crippen LogP contribution < -0.4 is 11.3 Å². The lowest BCUT2D eigenvalue weighted by Crippen LogP contribution is -2.28. The summed E-state index contributed by atoms with van der Waals surface area (Å²) in [6, 6.07) is 5.40. The van der Waals surface area contributed by atoms with Gasteiger partial charge < -0.3 is 4.42 Å². The highest BCUT2D eigenvalue weighted by Gasteiger charge is 2.17. The van der Waals surface area contributed by atoms with E-state index in [1.165, 1.54) is 11.5 Å². The maximum absolute atomic E-state index is 5.44. The first kappa shape index (κ1) is 9.85. The molecule has 2 rings (SSSR count).